The molecule has 0 amide bonds. The first-order valence-corrected chi connectivity index (χ1v) is 6.60. The number of sulfonamides is 1. The van der Waals surface area contributed by atoms with Crippen molar-refractivity contribution in [2.24, 2.45) is 0 Å². The summed E-state index contributed by atoms with van der Waals surface area (Å²) in [6, 6.07) is 7.13. The van der Waals surface area contributed by atoms with E-state index in [4.69, 9.17) is 0 Å². The van der Waals surface area contributed by atoms with Gasteiger partial charge in [-0.2, -0.15) is 0 Å². The molecular formula is C11H11N2O2S. The fraction of sp³-hybridized carbons (Fsp3) is 0.0909. The minimum atomic E-state index is -3.23. The Bertz CT molecular complexity index is 559. The zero-order chi connectivity index (χ0) is 11.6. The van der Waals surface area contributed by atoms with Crippen molar-refractivity contribution in [2.45, 2.75) is 0 Å². The van der Waals surface area contributed by atoms with Crippen LogP contribution in [-0.2, 0) is 10.0 Å². The third-order valence-corrected chi connectivity index (χ3v) is 2.62. The van der Waals surface area contributed by atoms with Gasteiger partial charge in [0, 0.05) is 17.5 Å². The molecule has 1 aromatic carbocycles. The standard InChI is InChI=1S/C11H11N2O2S/c1-16(14,15)13-10-5-2-4-9(8-10)11-6-3-7-12-11/h2-8,13H,1H3. The minimum absolute atomic E-state index is 0.544. The van der Waals surface area contributed by atoms with Crippen LogP contribution in [0.3, 0.4) is 0 Å². The summed E-state index contributed by atoms with van der Waals surface area (Å²) in [6.45, 7) is 0. The zero-order valence-electron chi connectivity index (χ0n) is 8.71. The molecule has 0 bridgehead atoms. The number of benzene rings is 1. The highest BCUT2D eigenvalue weighted by molar-refractivity contribution is 7.92. The lowest BCUT2D eigenvalue weighted by Crippen LogP contribution is -2.09. The van der Waals surface area contributed by atoms with Crippen LogP contribution >= 0.6 is 0 Å². The summed E-state index contributed by atoms with van der Waals surface area (Å²) < 4.78 is 24.6. The van der Waals surface area contributed by atoms with Gasteiger partial charge in [-0.3, -0.25) is 10.0 Å². The average molecular weight is 235 g/mol. The highest BCUT2D eigenvalue weighted by Crippen LogP contribution is 2.20. The highest BCUT2D eigenvalue weighted by Gasteiger charge is 2.06. The zero-order valence-corrected chi connectivity index (χ0v) is 9.53. The Hall–Kier alpha value is -1.75. The topological polar surface area (TPSA) is 60.3 Å². The molecule has 0 saturated carbocycles. The van der Waals surface area contributed by atoms with Gasteiger partial charge in [0.05, 0.1) is 12.0 Å². The third-order valence-electron chi connectivity index (χ3n) is 2.02. The van der Waals surface area contributed by atoms with Gasteiger partial charge in [0.1, 0.15) is 0 Å². The van der Waals surface area contributed by atoms with Gasteiger partial charge in [-0.05, 0) is 24.3 Å². The second-order valence-corrected chi connectivity index (χ2v) is 5.23. The second-order valence-electron chi connectivity index (χ2n) is 3.48. The third kappa shape index (κ3) is 2.64. The van der Waals surface area contributed by atoms with Crippen LogP contribution in [0.4, 0.5) is 5.69 Å². The van der Waals surface area contributed by atoms with E-state index >= 15 is 0 Å². The van der Waals surface area contributed by atoms with Crippen LogP contribution < -0.4 is 10.0 Å². The van der Waals surface area contributed by atoms with Crippen LogP contribution in [0.2, 0.25) is 0 Å². The Balaban J connectivity index is 2.26. The molecule has 0 saturated heterocycles. The second kappa shape index (κ2) is 4.02. The number of allylic oxidation sites excluding steroid dienone is 2. The number of nitrogens with one attached hydrogen (secondary N) is 1. The summed E-state index contributed by atoms with van der Waals surface area (Å²) in [7, 11) is -3.23. The van der Waals surface area contributed by atoms with E-state index in [0.29, 0.717) is 5.69 Å². The molecule has 1 radical (unpaired) electrons. The first kappa shape index (κ1) is 10.8. The summed E-state index contributed by atoms with van der Waals surface area (Å²) in [4.78, 5) is 0. The molecule has 1 aliphatic rings. The Morgan fingerprint density at radius 3 is 2.75 bits per heavy atom. The van der Waals surface area contributed by atoms with Crippen LogP contribution in [0.1, 0.15) is 5.56 Å². The number of hydrogen-bond donors (Lipinski definition) is 1. The summed E-state index contributed by atoms with van der Waals surface area (Å²) in [5.74, 6) is 0. The first-order chi connectivity index (χ1) is 7.54. The van der Waals surface area contributed by atoms with Gasteiger partial charge in [-0.15, -0.1) is 0 Å². The number of hydrogen-bond acceptors (Lipinski definition) is 2. The van der Waals surface area contributed by atoms with Crippen molar-refractivity contribution >= 4 is 21.4 Å². The van der Waals surface area contributed by atoms with E-state index in [9.17, 15) is 8.42 Å². The average Bonchev–Trinajstić information content (AvgIpc) is 2.68. The number of anilines is 1. The minimum Gasteiger partial charge on any atom is -0.284 e. The van der Waals surface area contributed by atoms with Crippen molar-refractivity contribution in [1.29, 1.82) is 0 Å². The van der Waals surface area contributed by atoms with Crippen molar-refractivity contribution < 1.29 is 8.42 Å². The molecule has 1 aliphatic heterocycles. The van der Waals surface area contributed by atoms with Crippen LogP contribution in [0.25, 0.3) is 5.70 Å². The number of rotatable bonds is 3. The monoisotopic (exact) mass is 235 g/mol. The lowest BCUT2D eigenvalue weighted by atomic mass is 10.1. The van der Waals surface area contributed by atoms with Gasteiger partial charge in [0.15, 0.2) is 0 Å². The lowest BCUT2D eigenvalue weighted by Gasteiger charge is -2.06. The molecule has 0 unspecified atom stereocenters. The quantitative estimate of drug-likeness (QED) is 0.863. The molecule has 0 spiro atoms. The SMILES string of the molecule is CS(=O)(=O)Nc1cccc(C2=CC=C[N]2)c1. The van der Waals surface area contributed by atoms with Gasteiger partial charge in [0.2, 0.25) is 10.0 Å². The molecule has 5 heteroatoms. The molecule has 4 nitrogen and oxygen atoms in total. The Kier molecular flexibility index (Phi) is 2.70. The number of nitrogens with zero attached hydrogens (tertiary/aromatic N) is 1. The maximum Gasteiger partial charge on any atom is 0.229 e. The first-order valence-electron chi connectivity index (χ1n) is 4.70. The van der Waals surface area contributed by atoms with E-state index in [1.165, 1.54) is 0 Å². The smallest absolute Gasteiger partial charge is 0.229 e. The van der Waals surface area contributed by atoms with E-state index in [-0.39, 0.29) is 0 Å². The van der Waals surface area contributed by atoms with E-state index < -0.39 is 10.0 Å². The van der Waals surface area contributed by atoms with Crippen LogP contribution in [0.5, 0.6) is 0 Å². The molecule has 1 N–H and O–H groups in total. The molecule has 0 aliphatic carbocycles. The van der Waals surface area contributed by atoms with E-state index in [1.807, 2.05) is 18.2 Å². The Morgan fingerprint density at radius 2 is 2.12 bits per heavy atom. The highest BCUT2D eigenvalue weighted by atomic mass is 32.2. The lowest BCUT2D eigenvalue weighted by molar-refractivity contribution is 0.607. The maximum atomic E-state index is 11.1. The van der Waals surface area contributed by atoms with E-state index in [2.05, 4.69) is 10.0 Å². The fourth-order valence-electron chi connectivity index (χ4n) is 1.43. The normalized spacial score (nSPS) is 14.4. The Morgan fingerprint density at radius 1 is 1.31 bits per heavy atom. The molecule has 2 rings (SSSR count). The predicted octanol–water partition coefficient (Wildman–Crippen LogP) is 1.53. The molecule has 16 heavy (non-hydrogen) atoms. The molecule has 0 fully saturated rings. The van der Waals surface area contributed by atoms with Crippen molar-refractivity contribution in [3.05, 3.63) is 48.2 Å². The molecular weight excluding hydrogens is 224 g/mol. The summed E-state index contributed by atoms with van der Waals surface area (Å²) in [5, 5.41) is 4.15. The van der Waals surface area contributed by atoms with Gasteiger partial charge in [-0.1, -0.05) is 12.1 Å². The van der Waals surface area contributed by atoms with Crippen molar-refractivity contribution in [3.8, 4) is 0 Å². The summed E-state index contributed by atoms with van der Waals surface area (Å²) in [5.41, 5.74) is 2.26. The molecule has 83 valence electrons. The Labute approximate surface area is 94.7 Å². The molecule has 1 heterocycles. The van der Waals surface area contributed by atoms with Crippen LogP contribution in [-0.4, -0.2) is 14.7 Å². The maximum absolute atomic E-state index is 11.1. The van der Waals surface area contributed by atoms with E-state index in [1.54, 1.807) is 24.4 Å². The van der Waals surface area contributed by atoms with Crippen LogP contribution in [0.15, 0.2) is 42.6 Å². The predicted molar refractivity (Wildman–Crippen MR) is 64.2 cm³/mol. The van der Waals surface area contributed by atoms with Gasteiger partial charge < -0.3 is 0 Å². The molecule has 0 atom stereocenters. The van der Waals surface area contributed by atoms with Gasteiger partial charge in [0.25, 0.3) is 0 Å². The van der Waals surface area contributed by atoms with Crippen molar-refractivity contribution in [3.63, 3.8) is 0 Å². The summed E-state index contributed by atoms with van der Waals surface area (Å²) in [6.07, 6.45) is 6.54. The molecule has 1 aromatic rings. The van der Waals surface area contributed by atoms with Crippen molar-refractivity contribution in [2.75, 3.05) is 11.0 Å². The van der Waals surface area contributed by atoms with Gasteiger partial charge >= 0.3 is 0 Å². The van der Waals surface area contributed by atoms with Gasteiger partial charge in [-0.25, -0.2) is 8.42 Å². The largest absolute Gasteiger partial charge is 0.284 e. The van der Waals surface area contributed by atoms with Crippen molar-refractivity contribution in [1.82, 2.24) is 5.32 Å². The molecule has 0 aromatic heterocycles. The van der Waals surface area contributed by atoms with Crippen LogP contribution in [0, 0.1) is 0 Å². The van der Waals surface area contributed by atoms with E-state index in [0.717, 1.165) is 17.5 Å². The fourth-order valence-corrected chi connectivity index (χ4v) is 1.98. The summed E-state index contributed by atoms with van der Waals surface area (Å²) >= 11 is 0.